The summed E-state index contributed by atoms with van der Waals surface area (Å²) in [5.74, 6) is -0.306. The van der Waals surface area contributed by atoms with E-state index in [1.165, 1.54) is 12.1 Å². The summed E-state index contributed by atoms with van der Waals surface area (Å²) in [6.45, 7) is 1.34. The molecule has 0 fully saturated rings. The van der Waals surface area contributed by atoms with E-state index in [0.717, 1.165) is 22.2 Å². The van der Waals surface area contributed by atoms with Crippen molar-refractivity contribution in [2.24, 2.45) is 0 Å². The fourth-order valence-electron chi connectivity index (χ4n) is 1.97. The average molecular weight is 444 g/mol. The second-order valence-corrected chi connectivity index (χ2v) is 7.64. The van der Waals surface area contributed by atoms with Crippen LogP contribution < -0.4 is 15.0 Å². The zero-order chi connectivity index (χ0) is 19.3. The first-order valence-corrected chi connectivity index (χ1v) is 9.41. The molecule has 0 unspecified atom stereocenters. The van der Waals surface area contributed by atoms with Gasteiger partial charge in [-0.1, -0.05) is 28.1 Å². The second-order valence-electron chi connectivity index (χ2n) is 5.08. The lowest BCUT2D eigenvalue weighted by molar-refractivity contribution is -0.387. The maximum atomic E-state index is 12.2. The molecule has 0 heterocycles. The van der Waals surface area contributed by atoms with Crippen molar-refractivity contribution < 1.29 is 22.9 Å². The molecule has 0 spiro atoms. The summed E-state index contributed by atoms with van der Waals surface area (Å²) < 4.78 is 30.5. The molecule has 1 amide bonds. The van der Waals surface area contributed by atoms with Gasteiger partial charge in [-0.15, -0.1) is 4.83 Å². The number of rotatable bonds is 7. The summed E-state index contributed by atoms with van der Waals surface area (Å²) in [5, 5.41) is 10.9. The number of amides is 1. The zero-order valence-electron chi connectivity index (χ0n) is 13.4. The molecule has 0 saturated carbocycles. The van der Waals surface area contributed by atoms with Crippen LogP contribution in [0.25, 0.3) is 0 Å². The molecule has 2 aromatic rings. The van der Waals surface area contributed by atoms with E-state index in [9.17, 15) is 23.3 Å². The maximum absolute atomic E-state index is 12.2. The number of carbonyl (C=O) groups excluding carboxylic acids is 1. The van der Waals surface area contributed by atoms with Crippen molar-refractivity contribution in [3.63, 3.8) is 0 Å². The van der Waals surface area contributed by atoms with Gasteiger partial charge in [0.15, 0.2) is 11.5 Å². The molecule has 2 N–H and O–H groups in total. The molecule has 0 bridgehead atoms. The van der Waals surface area contributed by atoms with Crippen molar-refractivity contribution in [2.45, 2.75) is 11.8 Å². The number of hydrogen-bond donors (Lipinski definition) is 2. The second kappa shape index (κ2) is 8.25. The number of ether oxygens (including phenoxy) is 1. The van der Waals surface area contributed by atoms with Gasteiger partial charge in [0.1, 0.15) is 5.75 Å². The lowest BCUT2D eigenvalue weighted by Crippen LogP contribution is -2.43. The van der Waals surface area contributed by atoms with Crippen LogP contribution in [0.3, 0.4) is 0 Å². The molecule has 0 aliphatic carbocycles. The number of benzene rings is 2. The minimum Gasteiger partial charge on any atom is -0.483 e. The van der Waals surface area contributed by atoms with Gasteiger partial charge in [-0.25, -0.2) is 8.42 Å². The number of sulfonamides is 1. The van der Waals surface area contributed by atoms with Crippen LogP contribution in [0.2, 0.25) is 0 Å². The molecule has 138 valence electrons. The Kier molecular flexibility index (Phi) is 6.29. The Morgan fingerprint density at radius 1 is 1.27 bits per heavy atom. The Bertz CT molecular complexity index is 948. The molecule has 11 heteroatoms. The molecular formula is C15H14BrN3O6S. The summed E-state index contributed by atoms with van der Waals surface area (Å²) in [6.07, 6.45) is 0. The van der Waals surface area contributed by atoms with Crippen molar-refractivity contribution in [3.05, 3.63) is 62.6 Å². The summed E-state index contributed by atoms with van der Waals surface area (Å²) in [5.41, 5.74) is 2.14. The summed E-state index contributed by atoms with van der Waals surface area (Å²) >= 11 is 3.30. The van der Waals surface area contributed by atoms with E-state index in [-0.39, 0.29) is 0 Å². The Morgan fingerprint density at radius 2 is 1.96 bits per heavy atom. The van der Waals surface area contributed by atoms with Crippen LogP contribution >= 0.6 is 15.9 Å². The van der Waals surface area contributed by atoms with Gasteiger partial charge in [-0.2, -0.15) is 0 Å². The number of carbonyl (C=O) groups is 1. The predicted molar refractivity (Wildman–Crippen MR) is 95.9 cm³/mol. The average Bonchev–Trinajstić information content (AvgIpc) is 2.59. The van der Waals surface area contributed by atoms with Crippen molar-refractivity contribution in [1.82, 2.24) is 10.3 Å². The third-order valence-corrected chi connectivity index (χ3v) is 4.96. The molecule has 2 rings (SSSR count). The first-order valence-electron chi connectivity index (χ1n) is 7.14. The third kappa shape index (κ3) is 5.00. The van der Waals surface area contributed by atoms with Crippen LogP contribution in [0.5, 0.6) is 5.75 Å². The van der Waals surface area contributed by atoms with Crippen LogP contribution in [0.4, 0.5) is 5.69 Å². The van der Waals surface area contributed by atoms with Crippen LogP contribution in [-0.2, 0) is 14.8 Å². The van der Waals surface area contributed by atoms with Crippen LogP contribution in [-0.4, -0.2) is 25.9 Å². The van der Waals surface area contributed by atoms with E-state index in [1.807, 2.05) is 10.3 Å². The predicted octanol–water partition coefficient (Wildman–Crippen LogP) is 2.05. The van der Waals surface area contributed by atoms with E-state index >= 15 is 0 Å². The van der Waals surface area contributed by atoms with Gasteiger partial charge in [-0.05, 0) is 36.8 Å². The highest BCUT2D eigenvalue weighted by atomic mass is 79.9. The first-order chi connectivity index (χ1) is 12.2. The minimum absolute atomic E-state index is 0.443. The van der Waals surface area contributed by atoms with Gasteiger partial charge >= 0.3 is 0 Å². The van der Waals surface area contributed by atoms with Crippen LogP contribution in [0, 0.1) is 17.0 Å². The van der Waals surface area contributed by atoms with Crippen LogP contribution in [0.1, 0.15) is 5.56 Å². The van der Waals surface area contributed by atoms with Gasteiger partial charge in [0.25, 0.3) is 21.6 Å². The fraction of sp³-hybridized carbons (Fsp3) is 0.133. The standard InChI is InChI=1S/C15H14BrN3O6S/c1-10-8-11(16)6-7-13(10)25-9-15(20)17-18-26(23,24)14-5-3-2-4-12(14)19(21)22/h2-8,18H,9H2,1H3,(H,17,20). The van der Waals surface area contributed by atoms with E-state index in [1.54, 1.807) is 25.1 Å². The molecule has 9 nitrogen and oxygen atoms in total. The number of nitrogens with one attached hydrogen (secondary N) is 2. The highest BCUT2D eigenvalue weighted by molar-refractivity contribution is 9.10. The van der Waals surface area contributed by atoms with Gasteiger partial charge < -0.3 is 4.74 Å². The van der Waals surface area contributed by atoms with Gasteiger partial charge in [0, 0.05) is 10.5 Å². The van der Waals surface area contributed by atoms with E-state index < -0.39 is 38.0 Å². The Balaban J connectivity index is 1.99. The number of hydrazine groups is 1. The fourth-order valence-corrected chi connectivity index (χ4v) is 3.48. The van der Waals surface area contributed by atoms with Gasteiger partial charge in [0.05, 0.1) is 4.92 Å². The SMILES string of the molecule is Cc1cc(Br)ccc1OCC(=O)NNS(=O)(=O)c1ccccc1[N+](=O)[O-]. The number of hydrogen-bond acceptors (Lipinski definition) is 6. The lowest BCUT2D eigenvalue weighted by atomic mass is 10.2. The van der Waals surface area contributed by atoms with E-state index in [4.69, 9.17) is 4.74 Å². The topological polar surface area (TPSA) is 128 Å². The van der Waals surface area contributed by atoms with Crippen molar-refractivity contribution in [1.29, 1.82) is 0 Å². The Morgan fingerprint density at radius 3 is 2.62 bits per heavy atom. The highest BCUT2D eigenvalue weighted by Gasteiger charge is 2.25. The van der Waals surface area contributed by atoms with Crippen molar-refractivity contribution >= 4 is 37.5 Å². The number of nitro benzene ring substituents is 1. The number of nitrogens with zero attached hydrogens (tertiary/aromatic N) is 1. The largest absolute Gasteiger partial charge is 0.483 e. The molecule has 0 aliphatic rings. The smallest absolute Gasteiger partial charge is 0.289 e. The monoisotopic (exact) mass is 443 g/mol. The van der Waals surface area contributed by atoms with E-state index in [2.05, 4.69) is 15.9 Å². The minimum atomic E-state index is -4.31. The van der Waals surface area contributed by atoms with E-state index in [0.29, 0.717) is 5.75 Å². The molecule has 2 aromatic carbocycles. The maximum Gasteiger partial charge on any atom is 0.289 e. The molecule has 0 atom stereocenters. The van der Waals surface area contributed by atoms with Gasteiger partial charge in [0.2, 0.25) is 0 Å². The molecule has 0 aromatic heterocycles. The normalized spacial score (nSPS) is 11.0. The first kappa shape index (κ1) is 19.8. The Hall–Kier alpha value is -2.50. The number of aryl methyl sites for hydroxylation is 1. The quantitative estimate of drug-likeness (QED) is 0.497. The molecule has 0 radical (unpaired) electrons. The summed E-state index contributed by atoms with van der Waals surface area (Å²) in [4.78, 5) is 23.1. The Labute approximate surface area is 157 Å². The molecular weight excluding hydrogens is 430 g/mol. The molecule has 0 aliphatic heterocycles. The number of halogens is 1. The summed E-state index contributed by atoms with van der Waals surface area (Å²) in [6, 6.07) is 9.98. The lowest BCUT2D eigenvalue weighted by Gasteiger charge is -2.11. The molecule has 26 heavy (non-hydrogen) atoms. The van der Waals surface area contributed by atoms with Gasteiger partial charge in [-0.3, -0.25) is 20.3 Å². The van der Waals surface area contributed by atoms with Crippen molar-refractivity contribution in [2.75, 3.05) is 6.61 Å². The van der Waals surface area contributed by atoms with Crippen molar-refractivity contribution in [3.8, 4) is 5.75 Å². The zero-order valence-corrected chi connectivity index (χ0v) is 15.8. The highest BCUT2D eigenvalue weighted by Crippen LogP contribution is 2.23. The van der Waals surface area contributed by atoms with Crippen LogP contribution in [0.15, 0.2) is 51.8 Å². The third-order valence-electron chi connectivity index (χ3n) is 3.17. The molecule has 0 saturated heterocycles. The number of para-hydroxylation sites is 1. The number of nitro groups is 1. The summed E-state index contributed by atoms with van der Waals surface area (Å²) in [7, 11) is -4.31.